The van der Waals surface area contributed by atoms with Crippen LogP contribution in [0.3, 0.4) is 0 Å². The standard InChI is InChI=1S/C30H28N8O2/c39-27(12-18-6-9-31-10-7-18)34-21-13-20(14-32-15-21)24-4-5-26-28(35-24)29(38-37-26)30-33-16-23-22(19-8-11-40-17-19)2-1-3-25(23)36-30/h1-5,8,11,13-15,17-18,31H,6-7,9-10,12,16H2,(H,33,36)(H,34,39)(H,37,38). The predicted molar refractivity (Wildman–Crippen MR) is 154 cm³/mol. The number of piperidine rings is 1. The second-order valence-corrected chi connectivity index (χ2v) is 10.2. The lowest BCUT2D eigenvalue weighted by molar-refractivity contribution is -0.117. The summed E-state index contributed by atoms with van der Waals surface area (Å²) >= 11 is 0. The molecule has 6 heterocycles. The maximum absolute atomic E-state index is 12.7. The highest BCUT2D eigenvalue weighted by Crippen LogP contribution is 2.33. The number of H-pyrrole nitrogens is 1. The Morgan fingerprint density at radius 1 is 1.07 bits per heavy atom. The molecule has 7 rings (SSSR count). The van der Waals surface area contributed by atoms with Crippen LogP contribution in [0, 0.1) is 5.92 Å². The molecular formula is C30H28N8O2. The zero-order valence-electron chi connectivity index (χ0n) is 21.8. The third kappa shape index (κ3) is 4.73. The molecule has 2 aliphatic rings. The highest BCUT2D eigenvalue weighted by atomic mass is 16.3. The van der Waals surface area contributed by atoms with Gasteiger partial charge in [-0.3, -0.25) is 19.9 Å². The zero-order valence-corrected chi connectivity index (χ0v) is 21.8. The van der Waals surface area contributed by atoms with E-state index in [1.807, 2.05) is 36.4 Å². The van der Waals surface area contributed by atoms with Crippen molar-refractivity contribution in [2.75, 3.05) is 23.7 Å². The van der Waals surface area contributed by atoms with Gasteiger partial charge in [0.25, 0.3) is 0 Å². The average molecular weight is 533 g/mol. The summed E-state index contributed by atoms with van der Waals surface area (Å²) in [6.07, 6.45) is 9.41. The first-order valence-electron chi connectivity index (χ1n) is 13.5. The van der Waals surface area contributed by atoms with Gasteiger partial charge in [-0.2, -0.15) is 5.10 Å². The lowest BCUT2D eigenvalue weighted by Crippen LogP contribution is -2.30. The number of pyridine rings is 2. The van der Waals surface area contributed by atoms with E-state index in [0.29, 0.717) is 41.6 Å². The fourth-order valence-electron chi connectivity index (χ4n) is 5.45. The minimum absolute atomic E-state index is 0.0176. The van der Waals surface area contributed by atoms with Crippen LogP contribution in [-0.4, -0.2) is 45.0 Å². The molecule has 1 saturated heterocycles. The SMILES string of the molecule is O=C(CC1CCNCC1)Nc1cncc(-c2ccc3[nH]nc(C4=NCc5c(cccc5-c5ccoc5)N4)c3n2)c1. The average Bonchev–Trinajstić information content (AvgIpc) is 3.68. The third-order valence-electron chi connectivity index (χ3n) is 7.54. The van der Waals surface area contributed by atoms with E-state index in [9.17, 15) is 4.79 Å². The molecule has 0 saturated carbocycles. The van der Waals surface area contributed by atoms with Crippen LogP contribution in [0.4, 0.5) is 11.4 Å². The molecule has 0 radical (unpaired) electrons. The third-order valence-corrected chi connectivity index (χ3v) is 7.54. The van der Waals surface area contributed by atoms with Crippen molar-refractivity contribution >= 4 is 34.2 Å². The number of fused-ring (bicyclic) bond motifs is 2. The summed E-state index contributed by atoms with van der Waals surface area (Å²) in [7, 11) is 0. The molecule has 1 amide bonds. The van der Waals surface area contributed by atoms with Crippen LogP contribution >= 0.6 is 0 Å². The number of hydrogen-bond acceptors (Lipinski definition) is 8. The summed E-state index contributed by atoms with van der Waals surface area (Å²) in [5.74, 6) is 1.09. The van der Waals surface area contributed by atoms with Crippen LogP contribution in [-0.2, 0) is 11.3 Å². The molecule has 2 aliphatic heterocycles. The van der Waals surface area contributed by atoms with E-state index in [0.717, 1.165) is 65.1 Å². The van der Waals surface area contributed by atoms with E-state index in [1.54, 1.807) is 24.9 Å². The number of nitrogens with one attached hydrogen (secondary N) is 4. The van der Waals surface area contributed by atoms with Crippen molar-refractivity contribution in [1.82, 2.24) is 25.5 Å². The van der Waals surface area contributed by atoms with E-state index in [1.165, 1.54) is 0 Å². The van der Waals surface area contributed by atoms with Crippen LogP contribution in [0.2, 0.25) is 0 Å². The first-order chi connectivity index (χ1) is 19.7. The van der Waals surface area contributed by atoms with E-state index in [-0.39, 0.29) is 5.91 Å². The van der Waals surface area contributed by atoms with E-state index >= 15 is 0 Å². The van der Waals surface area contributed by atoms with Gasteiger partial charge in [-0.1, -0.05) is 12.1 Å². The van der Waals surface area contributed by atoms with Gasteiger partial charge in [0.15, 0.2) is 11.5 Å². The molecule has 0 aliphatic carbocycles. The molecule has 4 N–H and O–H groups in total. The topological polar surface area (TPSA) is 133 Å². The maximum Gasteiger partial charge on any atom is 0.224 e. The van der Waals surface area contributed by atoms with Gasteiger partial charge in [0, 0.05) is 35.0 Å². The quantitative estimate of drug-likeness (QED) is 0.242. The fraction of sp³-hybridized carbons (Fsp3) is 0.233. The lowest BCUT2D eigenvalue weighted by Gasteiger charge is -2.21. The highest BCUT2D eigenvalue weighted by molar-refractivity contribution is 6.14. The summed E-state index contributed by atoms with van der Waals surface area (Å²) in [5, 5.41) is 17.4. The van der Waals surface area contributed by atoms with Gasteiger partial charge in [-0.25, -0.2) is 4.98 Å². The number of hydrogen-bond donors (Lipinski definition) is 4. The number of nitrogens with zero attached hydrogens (tertiary/aromatic N) is 4. The minimum Gasteiger partial charge on any atom is -0.472 e. The minimum atomic E-state index is 0.0176. The Hall–Kier alpha value is -4.83. The Morgan fingerprint density at radius 2 is 2.00 bits per heavy atom. The Morgan fingerprint density at radius 3 is 2.88 bits per heavy atom. The molecule has 200 valence electrons. The van der Waals surface area contributed by atoms with Gasteiger partial charge >= 0.3 is 0 Å². The number of benzene rings is 1. The number of aliphatic imine (C=N–C) groups is 1. The van der Waals surface area contributed by atoms with Gasteiger partial charge in [-0.15, -0.1) is 0 Å². The number of aromatic amines is 1. The van der Waals surface area contributed by atoms with Gasteiger partial charge < -0.3 is 20.4 Å². The molecule has 0 bridgehead atoms. The predicted octanol–water partition coefficient (Wildman–Crippen LogP) is 4.98. The zero-order chi connectivity index (χ0) is 26.9. The largest absolute Gasteiger partial charge is 0.472 e. The lowest BCUT2D eigenvalue weighted by atomic mass is 9.94. The second-order valence-electron chi connectivity index (χ2n) is 10.2. The van der Waals surface area contributed by atoms with Crippen molar-refractivity contribution in [3.63, 3.8) is 0 Å². The molecule has 40 heavy (non-hydrogen) atoms. The Labute approximate surface area is 230 Å². The Kier molecular flexibility index (Phi) is 6.29. The highest BCUT2D eigenvalue weighted by Gasteiger charge is 2.22. The molecule has 0 unspecified atom stereocenters. The molecular weight excluding hydrogens is 504 g/mol. The summed E-state index contributed by atoms with van der Waals surface area (Å²) in [5.41, 5.74) is 8.55. The number of furan rings is 1. The molecule has 10 heteroatoms. The van der Waals surface area contributed by atoms with E-state index in [2.05, 4.69) is 37.2 Å². The number of rotatable bonds is 6. The molecule has 10 nitrogen and oxygen atoms in total. The van der Waals surface area contributed by atoms with Crippen LogP contribution in [0.25, 0.3) is 33.4 Å². The van der Waals surface area contributed by atoms with E-state index < -0.39 is 0 Å². The Balaban J connectivity index is 1.13. The second kappa shape index (κ2) is 10.4. The molecule has 1 fully saturated rings. The monoisotopic (exact) mass is 532 g/mol. The van der Waals surface area contributed by atoms with Crippen molar-refractivity contribution in [3.05, 3.63) is 78.6 Å². The van der Waals surface area contributed by atoms with Crippen molar-refractivity contribution < 1.29 is 9.21 Å². The number of anilines is 2. The Bertz CT molecular complexity index is 1720. The van der Waals surface area contributed by atoms with Crippen molar-refractivity contribution in [1.29, 1.82) is 0 Å². The van der Waals surface area contributed by atoms with Crippen LogP contribution in [0.1, 0.15) is 30.5 Å². The van der Waals surface area contributed by atoms with Crippen LogP contribution < -0.4 is 16.0 Å². The van der Waals surface area contributed by atoms with Gasteiger partial charge in [0.1, 0.15) is 5.52 Å². The fourth-order valence-corrected chi connectivity index (χ4v) is 5.45. The molecule has 4 aromatic heterocycles. The number of carbonyl (C=O) groups is 1. The summed E-state index contributed by atoms with van der Waals surface area (Å²) in [6.45, 7) is 2.45. The normalized spacial score (nSPS) is 15.3. The number of aromatic nitrogens is 4. The first kappa shape index (κ1) is 24.2. The van der Waals surface area contributed by atoms with E-state index in [4.69, 9.17) is 14.4 Å². The summed E-state index contributed by atoms with van der Waals surface area (Å²) < 4.78 is 5.29. The van der Waals surface area contributed by atoms with Crippen molar-refractivity contribution in [2.45, 2.75) is 25.8 Å². The van der Waals surface area contributed by atoms with Crippen molar-refractivity contribution in [3.8, 4) is 22.4 Å². The smallest absolute Gasteiger partial charge is 0.224 e. The first-order valence-corrected chi connectivity index (χ1v) is 13.5. The van der Waals surface area contributed by atoms with Gasteiger partial charge in [0.05, 0.1) is 42.2 Å². The molecule has 0 atom stereocenters. The summed E-state index contributed by atoms with van der Waals surface area (Å²) in [4.78, 5) is 26.8. The number of amides is 1. The van der Waals surface area contributed by atoms with Crippen LogP contribution in [0.15, 0.2) is 76.8 Å². The maximum atomic E-state index is 12.7. The van der Waals surface area contributed by atoms with Gasteiger partial charge in [-0.05, 0) is 67.7 Å². The number of carbonyl (C=O) groups excluding carboxylic acids is 1. The molecule has 5 aromatic rings. The summed E-state index contributed by atoms with van der Waals surface area (Å²) in [6, 6.07) is 13.9. The van der Waals surface area contributed by atoms with Crippen molar-refractivity contribution in [2.24, 2.45) is 10.9 Å². The van der Waals surface area contributed by atoms with Gasteiger partial charge in [0.2, 0.25) is 5.91 Å². The number of amidine groups is 1. The van der Waals surface area contributed by atoms with Crippen LogP contribution in [0.5, 0.6) is 0 Å². The molecule has 0 spiro atoms. The molecule has 1 aromatic carbocycles.